The minimum Gasteiger partial charge on any atom is -0.467 e. The number of rotatable bonds is 2. The van der Waals surface area contributed by atoms with Crippen molar-refractivity contribution in [3.8, 4) is 0 Å². The fraction of sp³-hybridized carbons (Fsp3) is 0.467. The number of nitrogens with zero attached hydrogens (tertiary/aromatic N) is 1. The smallest absolute Gasteiger partial charge is 0.328 e. The molecule has 1 aliphatic rings. The second-order valence-corrected chi connectivity index (χ2v) is 5.02. The minimum absolute atomic E-state index is 0.00593. The number of likely N-dealkylation sites (tertiary alicyclic amines) is 1. The number of hydrogen-bond donors (Lipinski definition) is 0. The zero-order valence-corrected chi connectivity index (χ0v) is 11.7. The molecule has 0 unspecified atom stereocenters. The number of esters is 1. The van der Waals surface area contributed by atoms with Crippen LogP contribution in [0.15, 0.2) is 18.2 Å². The monoisotopic (exact) mass is 279 g/mol. The first-order valence-corrected chi connectivity index (χ1v) is 6.69. The van der Waals surface area contributed by atoms with Crippen LogP contribution in [0, 0.1) is 12.7 Å². The topological polar surface area (TPSA) is 46.6 Å². The van der Waals surface area contributed by atoms with Crippen LogP contribution in [0.1, 0.15) is 35.2 Å². The molecule has 1 aromatic rings. The van der Waals surface area contributed by atoms with Crippen LogP contribution < -0.4 is 0 Å². The number of halogens is 1. The van der Waals surface area contributed by atoms with Crippen molar-refractivity contribution < 1.29 is 18.7 Å². The molecule has 0 aliphatic carbocycles. The van der Waals surface area contributed by atoms with Gasteiger partial charge in [0.1, 0.15) is 11.9 Å². The summed E-state index contributed by atoms with van der Waals surface area (Å²) >= 11 is 0. The Labute approximate surface area is 117 Å². The van der Waals surface area contributed by atoms with E-state index >= 15 is 0 Å². The predicted octanol–water partition coefficient (Wildman–Crippen LogP) is 2.30. The van der Waals surface area contributed by atoms with Crippen LogP contribution >= 0.6 is 0 Å². The lowest BCUT2D eigenvalue weighted by Crippen LogP contribution is -2.48. The number of amides is 1. The van der Waals surface area contributed by atoms with Crippen LogP contribution in [0.3, 0.4) is 0 Å². The van der Waals surface area contributed by atoms with Gasteiger partial charge in [-0.25, -0.2) is 9.18 Å². The van der Waals surface area contributed by atoms with Gasteiger partial charge >= 0.3 is 5.97 Å². The van der Waals surface area contributed by atoms with E-state index in [-0.39, 0.29) is 5.56 Å². The maximum Gasteiger partial charge on any atom is 0.328 e. The molecule has 0 bridgehead atoms. The Morgan fingerprint density at radius 2 is 2.10 bits per heavy atom. The number of piperidine rings is 1. The Morgan fingerprint density at radius 1 is 1.35 bits per heavy atom. The lowest BCUT2D eigenvalue weighted by atomic mass is 10.0. The standard InChI is InChI=1S/C15H18FNO3/c1-10-6-7-11(12(16)9-10)14(18)17-8-4-3-5-13(17)15(19)20-2/h6-7,9,13H,3-5,8H2,1-2H3/t13-/m1/s1. The summed E-state index contributed by atoms with van der Waals surface area (Å²) < 4.78 is 18.6. The Kier molecular flexibility index (Phi) is 4.37. The molecule has 1 fully saturated rings. The molecule has 1 heterocycles. The zero-order valence-electron chi connectivity index (χ0n) is 11.7. The van der Waals surface area contributed by atoms with E-state index in [2.05, 4.69) is 0 Å². The zero-order chi connectivity index (χ0) is 14.7. The van der Waals surface area contributed by atoms with Crippen LogP contribution in [-0.4, -0.2) is 36.5 Å². The van der Waals surface area contributed by atoms with E-state index in [1.165, 1.54) is 24.1 Å². The molecule has 5 heteroatoms. The maximum atomic E-state index is 13.9. The van der Waals surface area contributed by atoms with Gasteiger partial charge in [0, 0.05) is 6.54 Å². The third-order valence-corrected chi connectivity index (χ3v) is 3.59. The molecule has 0 saturated carbocycles. The van der Waals surface area contributed by atoms with Crippen LogP contribution in [-0.2, 0) is 9.53 Å². The third kappa shape index (κ3) is 2.81. The fourth-order valence-electron chi connectivity index (χ4n) is 2.50. The summed E-state index contributed by atoms with van der Waals surface area (Å²) in [6.07, 6.45) is 2.23. The van der Waals surface area contributed by atoms with E-state index < -0.39 is 23.7 Å². The van der Waals surface area contributed by atoms with Gasteiger partial charge in [-0.3, -0.25) is 4.79 Å². The molecule has 108 valence electrons. The Hall–Kier alpha value is -1.91. The normalized spacial score (nSPS) is 18.8. The van der Waals surface area contributed by atoms with Crippen molar-refractivity contribution in [1.29, 1.82) is 0 Å². The van der Waals surface area contributed by atoms with Gasteiger partial charge < -0.3 is 9.64 Å². The summed E-state index contributed by atoms with van der Waals surface area (Å²) in [4.78, 5) is 25.6. The van der Waals surface area contributed by atoms with Gasteiger partial charge in [0.25, 0.3) is 5.91 Å². The first kappa shape index (κ1) is 14.5. The van der Waals surface area contributed by atoms with Crippen molar-refractivity contribution in [3.05, 3.63) is 35.1 Å². The third-order valence-electron chi connectivity index (χ3n) is 3.59. The van der Waals surface area contributed by atoms with Gasteiger partial charge in [0.05, 0.1) is 12.7 Å². The predicted molar refractivity (Wildman–Crippen MR) is 71.8 cm³/mol. The largest absolute Gasteiger partial charge is 0.467 e. The molecule has 1 atom stereocenters. The minimum atomic E-state index is -0.609. The summed E-state index contributed by atoms with van der Waals surface area (Å²) in [5.74, 6) is -1.44. The number of carbonyl (C=O) groups is 2. The summed E-state index contributed by atoms with van der Waals surface area (Å²) in [5.41, 5.74) is 0.758. The van der Waals surface area contributed by atoms with Crippen molar-refractivity contribution in [2.75, 3.05) is 13.7 Å². The van der Waals surface area contributed by atoms with Crippen molar-refractivity contribution in [2.24, 2.45) is 0 Å². The SMILES string of the molecule is COC(=O)[C@H]1CCCCN1C(=O)c1ccc(C)cc1F. The van der Waals surface area contributed by atoms with Crippen molar-refractivity contribution in [3.63, 3.8) is 0 Å². The summed E-state index contributed by atoms with van der Waals surface area (Å²) in [5, 5.41) is 0. The average molecular weight is 279 g/mol. The van der Waals surface area contributed by atoms with Gasteiger partial charge in [-0.05, 0) is 43.9 Å². The molecule has 4 nitrogen and oxygen atoms in total. The molecule has 2 rings (SSSR count). The van der Waals surface area contributed by atoms with Gasteiger partial charge in [-0.1, -0.05) is 6.07 Å². The van der Waals surface area contributed by atoms with Gasteiger partial charge in [-0.15, -0.1) is 0 Å². The second kappa shape index (κ2) is 6.03. The van der Waals surface area contributed by atoms with Crippen molar-refractivity contribution >= 4 is 11.9 Å². The number of ether oxygens (including phenoxy) is 1. The van der Waals surface area contributed by atoms with Crippen molar-refractivity contribution in [1.82, 2.24) is 4.90 Å². The maximum absolute atomic E-state index is 13.9. The van der Waals surface area contributed by atoms with Gasteiger partial charge in [0.15, 0.2) is 0 Å². The second-order valence-electron chi connectivity index (χ2n) is 5.02. The Balaban J connectivity index is 2.27. The lowest BCUT2D eigenvalue weighted by molar-refractivity contribution is -0.147. The first-order valence-electron chi connectivity index (χ1n) is 6.69. The Bertz CT molecular complexity index is 530. The molecule has 0 radical (unpaired) electrons. The summed E-state index contributed by atoms with van der Waals surface area (Å²) in [6.45, 7) is 2.21. The molecule has 0 spiro atoms. The number of methoxy groups -OCH3 is 1. The summed E-state index contributed by atoms with van der Waals surface area (Å²) in [6, 6.07) is 3.87. The molecular weight excluding hydrogens is 261 g/mol. The number of hydrogen-bond acceptors (Lipinski definition) is 3. The highest BCUT2D eigenvalue weighted by atomic mass is 19.1. The Morgan fingerprint density at radius 3 is 2.75 bits per heavy atom. The lowest BCUT2D eigenvalue weighted by Gasteiger charge is -2.33. The molecule has 0 N–H and O–H groups in total. The van der Waals surface area contributed by atoms with E-state index in [4.69, 9.17) is 4.74 Å². The summed E-state index contributed by atoms with van der Waals surface area (Å²) in [7, 11) is 1.30. The van der Waals surface area contributed by atoms with E-state index in [1.54, 1.807) is 13.0 Å². The van der Waals surface area contributed by atoms with E-state index in [1.807, 2.05) is 0 Å². The molecule has 1 aliphatic heterocycles. The van der Waals surface area contributed by atoms with E-state index in [0.29, 0.717) is 13.0 Å². The van der Waals surface area contributed by atoms with Crippen LogP contribution in [0.25, 0.3) is 0 Å². The van der Waals surface area contributed by atoms with Crippen LogP contribution in [0.2, 0.25) is 0 Å². The molecule has 0 aromatic heterocycles. The number of carbonyl (C=O) groups excluding carboxylic acids is 2. The quantitative estimate of drug-likeness (QED) is 0.780. The highest BCUT2D eigenvalue weighted by Gasteiger charge is 2.34. The fourth-order valence-corrected chi connectivity index (χ4v) is 2.50. The van der Waals surface area contributed by atoms with E-state index in [9.17, 15) is 14.0 Å². The van der Waals surface area contributed by atoms with Gasteiger partial charge in [-0.2, -0.15) is 0 Å². The number of aryl methyl sites for hydroxylation is 1. The molecule has 1 aromatic carbocycles. The molecular formula is C15H18FNO3. The average Bonchev–Trinajstić information content (AvgIpc) is 2.46. The van der Waals surface area contributed by atoms with E-state index in [0.717, 1.165) is 18.4 Å². The highest BCUT2D eigenvalue weighted by molar-refractivity contribution is 5.97. The van der Waals surface area contributed by atoms with Crippen molar-refractivity contribution in [2.45, 2.75) is 32.2 Å². The van der Waals surface area contributed by atoms with Crippen LogP contribution in [0.4, 0.5) is 4.39 Å². The molecule has 1 saturated heterocycles. The first-order chi connectivity index (χ1) is 9.54. The van der Waals surface area contributed by atoms with Crippen LogP contribution in [0.5, 0.6) is 0 Å². The number of benzene rings is 1. The molecule has 1 amide bonds. The molecule has 20 heavy (non-hydrogen) atoms. The van der Waals surface area contributed by atoms with Gasteiger partial charge in [0.2, 0.25) is 0 Å². The highest BCUT2D eigenvalue weighted by Crippen LogP contribution is 2.22.